The zero-order valence-corrected chi connectivity index (χ0v) is 11.5. The van der Waals surface area contributed by atoms with Gasteiger partial charge in [-0.05, 0) is 33.9 Å². The quantitative estimate of drug-likeness (QED) is 0.942. The average molecular weight is 301 g/mol. The Labute approximate surface area is 107 Å². The summed E-state index contributed by atoms with van der Waals surface area (Å²) in [5, 5.41) is 13.4. The maximum Gasteiger partial charge on any atom is 0.0869 e. The predicted octanol–water partition coefficient (Wildman–Crippen LogP) is 2.34. The van der Waals surface area contributed by atoms with Crippen molar-refractivity contribution in [1.29, 1.82) is 0 Å². The fourth-order valence-electron chi connectivity index (χ4n) is 1.61. The Morgan fingerprint density at radius 3 is 2.94 bits per heavy atom. The van der Waals surface area contributed by atoms with E-state index in [0.29, 0.717) is 0 Å². The molecule has 2 aromatic rings. The van der Waals surface area contributed by atoms with E-state index in [2.05, 4.69) is 49.9 Å². The van der Waals surface area contributed by atoms with Gasteiger partial charge in [0.1, 0.15) is 0 Å². The zero-order chi connectivity index (χ0) is 11.5. The highest BCUT2D eigenvalue weighted by molar-refractivity contribution is 9.10. The molecule has 0 aromatic carbocycles. The van der Waals surface area contributed by atoms with Gasteiger partial charge in [0.2, 0.25) is 0 Å². The van der Waals surface area contributed by atoms with Crippen molar-refractivity contribution in [2.75, 3.05) is 6.54 Å². The molecule has 0 bridgehead atoms. The van der Waals surface area contributed by atoms with Crippen LogP contribution in [0.15, 0.2) is 22.1 Å². The van der Waals surface area contributed by atoms with Crippen molar-refractivity contribution in [3.05, 3.63) is 32.7 Å². The normalized spacial score (nSPS) is 12.9. The third kappa shape index (κ3) is 2.18. The molecule has 2 aromatic heterocycles. The Bertz CT molecular complexity index is 425. The summed E-state index contributed by atoms with van der Waals surface area (Å²) >= 11 is 5.29. The SMILES string of the molecule is CCNC(c1sccc1Br)c1cnnn1C. The van der Waals surface area contributed by atoms with E-state index in [1.165, 1.54) is 4.88 Å². The van der Waals surface area contributed by atoms with Crippen LogP contribution in [0.4, 0.5) is 0 Å². The van der Waals surface area contributed by atoms with Gasteiger partial charge in [0, 0.05) is 16.4 Å². The minimum absolute atomic E-state index is 0.152. The van der Waals surface area contributed by atoms with Crippen LogP contribution in [-0.2, 0) is 7.05 Å². The largest absolute Gasteiger partial charge is 0.305 e. The number of aryl methyl sites for hydroxylation is 1. The molecule has 1 atom stereocenters. The maximum absolute atomic E-state index is 3.98. The molecule has 1 unspecified atom stereocenters. The first kappa shape index (κ1) is 11.8. The Morgan fingerprint density at radius 1 is 1.62 bits per heavy atom. The number of hydrogen-bond donors (Lipinski definition) is 1. The van der Waals surface area contributed by atoms with Gasteiger partial charge in [0.05, 0.1) is 17.9 Å². The fraction of sp³-hybridized carbons (Fsp3) is 0.400. The molecule has 0 amide bonds. The number of hydrogen-bond acceptors (Lipinski definition) is 4. The Hall–Kier alpha value is -0.720. The lowest BCUT2D eigenvalue weighted by molar-refractivity contribution is 0.573. The molecule has 0 fully saturated rings. The van der Waals surface area contributed by atoms with Gasteiger partial charge in [0.15, 0.2) is 0 Å². The van der Waals surface area contributed by atoms with Crippen molar-refractivity contribution in [2.24, 2.45) is 7.05 Å². The summed E-state index contributed by atoms with van der Waals surface area (Å²) in [5.74, 6) is 0. The number of rotatable bonds is 4. The van der Waals surface area contributed by atoms with Gasteiger partial charge in [-0.1, -0.05) is 12.1 Å². The second kappa shape index (κ2) is 5.07. The number of nitrogens with one attached hydrogen (secondary N) is 1. The summed E-state index contributed by atoms with van der Waals surface area (Å²) in [4.78, 5) is 1.26. The van der Waals surface area contributed by atoms with Gasteiger partial charge in [-0.2, -0.15) is 0 Å². The van der Waals surface area contributed by atoms with E-state index in [4.69, 9.17) is 0 Å². The van der Waals surface area contributed by atoms with E-state index in [1.54, 1.807) is 22.2 Å². The van der Waals surface area contributed by atoms with E-state index in [9.17, 15) is 0 Å². The van der Waals surface area contributed by atoms with Crippen LogP contribution in [-0.4, -0.2) is 21.5 Å². The number of thiophene rings is 1. The van der Waals surface area contributed by atoms with Gasteiger partial charge in [0.25, 0.3) is 0 Å². The summed E-state index contributed by atoms with van der Waals surface area (Å²) in [6.45, 7) is 3.00. The lowest BCUT2D eigenvalue weighted by Crippen LogP contribution is -2.23. The van der Waals surface area contributed by atoms with E-state index in [0.717, 1.165) is 16.7 Å². The summed E-state index contributed by atoms with van der Waals surface area (Å²) in [5.41, 5.74) is 1.07. The van der Waals surface area contributed by atoms with Crippen molar-refractivity contribution < 1.29 is 0 Å². The highest BCUT2D eigenvalue weighted by Gasteiger charge is 2.20. The molecule has 4 nitrogen and oxygen atoms in total. The topological polar surface area (TPSA) is 42.7 Å². The Balaban J connectivity index is 2.39. The lowest BCUT2D eigenvalue weighted by Gasteiger charge is -2.16. The summed E-state index contributed by atoms with van der Waals surface area (Å²) in [6.07, 6.45) is 1.81. The highest BCUT2D eigenvalue weighted by atomic mass is 79.9. The minimum atomic E-state index is 0.152. The van der Waals surface area contributed by atoms with Crippen LogP contribution in [0, 0.1) is 0 Å². The van der Waals surface area contributed by atoms with E-state index in [-0.39, 0.29) is 6.04 Å². The molecule has 0 radical (unpaired) electrons. The minimum Gasteiger partial charge on any atom is -0.305 e. The van der Waals surface area contributed by atoms with Gasteiger partial charge in [-0.15, -0.1) is 16.4 Å². The molecule has 1 N–H and O–H groups in total. The van der Waals surface area contributed by atoms with Crippen LogP contribution in [0.1, 0.15) is 23.5 Å². The van der Waals surface area contributed by atoms with Crippen molar-refractivity contribution in [1.82, 2.24) is 20.3 Å². The lowest BCUT2D eigenvalue weighted by atomic mass is 10.2. The van der Waals surface area contributed by atoms with Crippen LogP contribution in [0.25, 0.3) is 0 Å². The number of aromatic nitrogens is 3. The van der Waals surface area contributed by atoms with Crippen LogP contribution in [0.3, 0.4) is 0 Å². The molecule has 0 saturated carbocycles. The smallest absolute Gasteiger partial charge is 0.0869 e. The number of halogens is 1. The molecule has 0 spiro atoms. The average Bonchev–Trinajstić information content (AvgIpc) is 2.84. The van der Waals surface area contributed by atoms with Crippen LogP contribution >= 0.6 is 27.3 Å². The molecular formula is C10H13BrN4S. The second-order valence-corrected chi connectivity index (χ2v) is 5.21. The summed E-state index contributed by atoms with van der Waals surface area (Å²) in [7, 11) is 1.91. The fourth-order valence-corrected chi connectivity index (χ4v) is 3.29. The molecule has 2 heterocycles. The molecule has 0 aliphatic carbocycles. The standard InChI is InChI=1S/C10H13BrN4S/c1-3-12-9(8-6-13-14-15(8)2)10-7(11)4-5-16-10/h4-6,9,12H,3H2,1-2H3. The van der Waals surface area contributed by atoms with Crippen LogP contribution in [0.5, 0.6) is 0 Å². The van der Waals surface area contributed by atoms with Crippen LogP contribution in [0.2, 0.25) is 0 Å². The first-order valence-electron chi connectivity index (χ1n) is 5.05. The molecule has 86 valence electrons. The van der Waals surface area contributed by atoms with Crippen molar-refractivity contribution in [3.63, 3.8) is 0 Å². The zero-order valence-electron chi connectivity index (χ0n) is 9.14. The molecule has 16 heavy (non-hydrogen) atoms. The Morgan fingerprint density at radius 2 is 2.44 bits per heavy atom. The molecular weight excluding hydrogens is 288 g/mol. The molecule has 0 saturated heterocycles. The van der Waals surface area contributed by atoms with Crippen molar-refractivity contribution in [3.8, 4) is 0 Å². The monoisotopic (exact) mass is 300 g/mol. The van der Waals surface area contributed by atoms with Gasteiger partial charge >= 0.3 is 0 Å². The van der Waals surface area contributed by atoms with Crippen molar-refractivity contribution in [2.45, 2.75) is 13.0 Å². The molecule has 6 heteroatoms. The first-order chi connectivity index (χ1) is 7.74. The van der Waals surface area contributed by atoms with Gasteiger partial charge < -0.3 is 5.32 Å². The van der Waals surface area contributed by atoms with Gasteiger partial charge in [-0.3, -0.25) is 4.68 Å². The maximum atomic E-state index is 3.98. The summed E-state index contributed by atoms with van der Waals surface area (Å²) in [6, 6.07) is 2.22. The highest BCUT2D eigenvalue weighted by Crippen LogP contribution is 2.32. The van der Waals surface area contributed by atoms with Crippen LogP contribution < -0.4 is 5.32 Å². The number of nitrogens with zero attached hydrogens (tertiary/aromatic N) is 3. The van der Waals surface area contributed by atoms with Gasteiger partial charge in [-0.25, -0.2) is 0 Å². The van der Waals surface area contributed by atoms with E-state index >= 15 is 0 Å². The molecule has 2 rings (SSSR count). The first-order valence-corrected chi connectivity index (χ1v) is 6.72. The predicted molar refractivity (Wildman–Crippen MR) is 68.5 cm³/mol. The molecule has 0 aliphatic heterocycles. The second-order valence-electron chi connectivity index (χ2n) is 3.41. The molecule has 0 aliphatic rings. The third-order valence-corrected chi connectivity index (χ3v) is 4.30. The Kier molecular flexibility index (Phi) is 3.73. The van der Waals surface area contributed by atoms with Crippen molar-refractivity contribution >= 4 is 27.3 Å². The summed E-state index contributed by atoms with van der Waals surface area (Å²) < 4.78 is 2.93. The third-order valence-electron chi connectivity index (χ3n) is 2.36. The van der Waals surface area contributed by atoms with E-state index < -0.39 is 0 Å². The van der Waals surface area contributed by atoms with E-state index in [1.807, 2.05) is 7.05 Å².